The summed E-state index contributed by atoms with van der Waals surface area (Å²) in [7, 11) is -3.76. The second kappa shape index (κ2) is 4.86. The zero-order valence-corrected chi connectivity index (χ0v) is 11.7. The standard InChI is InChI=1S/C12H11N3O5S/c1-7-5-13-11(19-7)6-14-21(17,18)8-2-3-9-10(4-8)20-12(16)15-9/h2-5,14H,6H2,1H3,(H,15,16). The van der Waals surface area contributed by atoms with Crippen molar-refractivity contribution in [2.24, 2.45) is 0 Å². The molecule has 0 atom stereocenters. The first-order valence-electron chi connectivity index (χ1n) is 5.98. The largest absolute Gasteiger partial charge is 0.445 e. The SMILES string of the molecule is Cc1cnc(CNS(=O)(=O)c2ccc3[nH]c(=O)oc3c2)o1. The van der Waals surface area contributed by atoms with Crippen LogP contribution in [0.25, 0.3) is 11.1 Å². The zero-order valence-electron chi connectivity index (χ0n) is 10.9. The number of nitrogens with zero attached hydrogens (tertiary/aromatic N) is 1. The quantitative estimate of drug-likeness (QED) is 0.739. The molecule has 0 unspecified atom stereocenters. The third kappa shape index (κ3) is 2.73. The van der Waals surface area contributed by atoms with E-state index >= 15 is 0 Å². The molecule has 0 amide bonds. The molecule has 0 aliphatic heterocycles. The van der Waals surface area contributed by atoms with Crippen LogP contribution in [0, 0.1) is 6.92 Å². The van der Waals surface area contributed by atoms with Crippen molar-refractivity contribution in [2.45, 2.75) is 18.4 Å². The fourth-order valence-electron chi connectivity index (χ4n) is 1.82. The second-order valence-electron chi connectivity index (χ2n) is 4.36. The summed E-state index contributed by atoms with van der Waals surface area (Å²) in [6, 6.07) is 4.11. The van der Waals surface area contributed by atoms with Gasteiger partial charge in [-0.05, 0) is 19.1 Å². The Hall–Kier alpha value is -2.39. The molecular weight excluding hydrogens is 298 g/mol. The van der Waals surface area contributed by atoms with E-state index in [1.807, 2.05) is 0 Å². The fraction of sp³-hybridized carbons (Fsp3) is 0.167. The van der Waals surface area contributed by atoms with Gasteiger partial charge in [-0.3, -0.25) is 4.98 Å². The van der Waals surface area contributed by atoms with Gasteiger partial charge in [0.15, 0.2) is 5.58 Å². The first kappa shape index (κ1) is 13.6. The van der Waals surface area contributed by atoms with Gasteiger partial charge in [0.05, 0.1) is 23.2 Å². The van der Waals surface area contributed by atoms with Crippen molar-refractivity contribution in [3.63, 3.8) is 0 Å². The molecule has 8 nitrogen and oxygen atoms in total. The van der Waals surface area contributed by atoms with Gasteiger partial charge in [0.2, 0.25) is 15.9 Å². The summed E-state index contributed by atoms with van der Waals surface area (Å²) < 4.78 is 36.7. The lowest BCUT2D eigenvalue weighted by atomic mass is 10.3. The van der Waals surface area contributed by atoms with Gasteiger partial charge in [0, 0.05) is 6.07 Å². The topological polar surface area (TPSA) is 118 Å². The normalized spacial score (nSPS) is 12.0. The molecule has 0 bridgehead atoms. The molecule has 110 valence electrons. The number of aryl methyl sites for hydroxylation is 1. The van der Waals surface area contributed by atoms with Crippen molar-refractivity contribution < 1.29 is 17.3 Å². The number of aromatic nitrogens is 2. The van der Waals surface area contributed by atoms with Crippen LogP contribution < -0.4 is 10.5 Å². The molecule has 1 aromatic carbocycles. The van der Waals surface area contributed by atoms with Gasteiger partial charge in [0.25, 0.3) is 0 Å². The summed E-state index contributed by atoms with van der Waals surface area (Å²) in [4.78, 5) is 17.4. The number of hydrogen-bond donors (Lipinski definition) is 2. The van der Waals surface area contributed by atoms with Crippen LogP contribution in [-0.2, 0) is 16.6 Å². The minimum Gasteiger partial charge on any atom is -0.445 e. The molecule has 0 spiro atoms. The Morgan fingerprint density at radius 2 is 2.14 bits per heavy atom. The molecular formula is C12H11N3O5S. The number of benzene rings is 1. The average molecular weight is 309 g/mol. The van der Waals surface area contributed by atoms with Crippen molar-refractivity contribution in [1.82, 2.24) is 14.7 Å². The van der Waals surface area contributed by atoms with Crippen LogP contribution in [-0.4, -0.2) is 18.4 Å². The van der Waals surface area contributed by atoms with Crippen LogP contribution in [0.1, 0.15) is 11.7 Å². The molecule has 9 heteroatoms. The van der Waals surface area contributed by atoms with Crippen LogP contribution in [0.5, 0.6) is 0 Å². The van der Waals surface area contributed by atoms with Crippen LogP contribution in [0.2, 0.25) is 0 Å². The Morgan fingerprint density at radius 3 is 2.86 bits per heavy atom. The number of hydrogen-bond acceptors (Lipinski definition) is 6. The molecule has 0 aliphatic rings. The van der Waals surface area contributed by atoms with E-state index < -0.39 is 15.8 Å². The van der Waals surface area contributed by atoms with Gasteiger partial charge in [-0.1, -0.05) is 0 Å². The highest BCUT2D eigenvalue weighted by Crippen LogP contribution is 2.16. The van der Waals surface area contributed by atoms with E-state index in [1.165, 1.54) is 24.4 Å². The molecule has 2 aromatic heterocycles. The summed E-state index contributed by atoms with van der Waals surface area (Å²) in [6.45, 7) is 1.65. The van der Waals surface area contributed by atoms with E-state index in [1.54, 1.807) is 6.92 Å². The fourth-order valence-corrected chi connectivity index (χ4v) is 2.81. The maximum absolute atomic E-state index is 12.2. The van der Waals surface area contributed by atoms with Crippen molar-refractivity contribution >= 4 is 21.1 Å². The Kier molecular flexibility index (Phi) is 3.15. The van der Waals surface area contributed by atoms with Crippen LogP contribution in [0.3, 0.4) is 0 Å². The molecule has 0 fully saturated rings. The van der Waals surface area contributed by atoms with Gasteiger partial charge in [-0.2, -0.15) is 0 Å². The lowest BCUT2D eigenvalue weighted by Gasteiger charge is -2.04. The minimum atomic E-state index is -3.76. The van der Waals surface area contributed by atoms with Gasteiger partial charge >= 0.3 is 5.76 Å². The van der Waals surface area contributed by atoms with Crippen LogP contribution in [0.4, 0.5) is 0 Å². The number of sulfonamides is 1. The predicted molar refractivity (Wildman–Crippen MR) is 72.1 cm³/mol. The zero-order chi connectivity index (χ0) is 15.0. The van der Waals surface area contributed by atoms with Crippen LogP contribution >= 0.6 is 0 Å². The molecule has 3 aromatic rings. The van der Waals surface area contributed by atoms with E-state index in [-0.39, 0.29) is 22.9 Å². The number of rotatable bonds is 4. The lowest BCUT2D eigenvalue weighted by Crippen LogP contribution is -2.23. The highest BCUT2D eigenvalue weighted by molar-refractivity contribution is 7.89. The summed E-state index contributed by atoms with van der Waals surface area (Å²) in [6.07, 6.45) is 1.50. The second-order valence-corrected chi connectivity index (χ2v) is 6.13. The Bertz CT molecular complexity index is 951. The minimum absolute atomic E-state index is 0.0129. The molecule has 3 rings (SSSR count). The molecule has 0 saturated heterocycles. The van der Waals surface area contributed by atoms with E-state index in [9.17, 15) is 13.2 Å². The molecule has 0 radical (unpaired) electrons. The molecule has 0 saturated carbocycles. The van der Waals surface area contributed by atoms with Crippen LogP contribution in [0.15, 0.2) is 42.9 Å². The maximum Gasteiger partial charge on any atom is 0.417 e. The number of nitrogens with one attached hydrogen (secondary N) is 2. The summed E-state index contributed by atoms with van der Waals surface area (Å²) >= 11 is 0. The van der Waals surface area contributed by atoms with Crippen molar-refractivity contribution in [3.8, 4) is 0 Å². The first-order valence-corrected chi connectivity index (χ1v) is 7.46. The summed E-state index contributed by atoms with van der Waals surface area (Å²) in [5, 5.41) is 0. The highest BCUT2D eigenvalue weighted by atomic mass is 32.2. The lowest BCUT2D eigenvalue weighted by molar-refractivity contribution is 0.463. The van der Waals surface area contributed by atoms with Crippen molar-refractivity contribution in [3.05, 3.63) is 46.6 Å². The molecule has 0 aliphatic carbocycles. The monoisotopic (exact) mass is 309 g/mol. The summed E-state index contributed by atoms with van der Waals surface area (Å²) in [5.41, 5.74) is 0.608. The van der Waals surface area contributed by atoms with Gasteiger partial charge in [-0.15, -0.1) is 0 Å². The van der Waals surface area contributed by atoms with E-state index in [4.69, 9.17) is 8.83 Å². The Morgan fingerprint density at radius 1 is 1.33 bits per heavy atom. The van der Waals surface area contributed by atoms with Gasteiger partial charge in [0.1, 0.15) is 5.76 Å². The smallest absolute Gasteiger partial charge is 0.417 e. The Labute approximate surface area is 118 Å². The molecule has 2 N–H and O–H groups in total. The number of oxazole rings is 2. The third-order valence-electron chi connectivity index (χ3n) is 2.79. The highest BCUT2D eigenvalue weighted by Gasteiger charge is 2.16. The van der Waals surface area contributed by atoms with E-state index in [0.717, 1.165) is 0 Å². The van der Waals surface area contributed by atoms with Gasteiger partial charge < -0.3 is 8.83 Å². The maximum atomic E-state index is 12.2. The van der Waals surface area contributed by atoms with E-state index in [0.29, 0.717) is 11.3 Å². The number of aromatic amines is 1. The first-order chi connectivity index (χ1) is 9.94. The molecule has 2 heterocycles. The predicted octanol–water partition coefficient (Wildman–Crippen LogP) is 0.896. The third-order valence-corrected chi connectivity index (χ3v) is 4.18. The Balaban J connectivity index is 1.86. The number of H-pyrrole nitrogens is 1. The number of fused-ring (bicyclic) bond motifs is 1. The van der Waals surface area contributed by atoms with Crippen molar-refractivity contribution in [2.75, 3.05) is 0 Å². The average Bonchev–Trinajstić information content (AvgIpc) is 3.00. The van der Waals surface area contributed by atoms with Gasteiger partial charge in [-0.25, -0.2) is 22.9 Å². The molecule has 21 heavy (non-hydrogen) atoms. The van der Waals surface area contributed by atoms with E-state index in [2.05, 4.69) is 14.7 Å². The van der Waals surface area contributed by atoms with Crippen molar-refractivity contribution in [1.29, 1.82) is 0 Å². The summed E-state index contributed by atoms with van der Waals surface area (Å²) in [5.74, 6) is 0.229.